The highest BCUT2D eigenvalue weighted by molar-refractivity contribution is 7.84. The van der Waals surface area contributed by atoms with E-state index in [2.05, 4.69) is 25.1 Å². The number of aliphatic hydroxyl groups is 1. The molecule has 2 aromatic heterocycles. The summed E-state index contributed by atoms with van der Waals surface area (Å²) in [7, 11) is -2.74. The summed E-state index contributed by atoms with van der Waals surface area (Å²) in [4.78, 5) is 21.4. The van der Waals surface area contributed by atoms with Crippen molar-refractivity contribution in [2.45, 2.75) is 56.4 Å². The Kier molecular flexibility index (Phi) is 7.03. The molecule has 0 saturated heterocycles. The van der Waals surface area contributed by atoms with Crippen molar-refractivity contribution in [2.75, 3.05) is 12.4 Å². The van der Waals surface area contributed by atoms with E-state index in [-0.39, 0.29) is 47.7 Å². The van der Waals surface area contributed by atoms with Crippen LogP contribution in [-0.2, 0) is 21.0 Å². The molecule has 0 radical (unpaired) electrons. The van der Waals surface area contributed by atoms with Gasteiger partial charge in [-0.05, 0) is 54.9 Å². The quantitative estimate of drug-likeness (QED) is 0.333. The Labute approximate surface area is 213 Å². The lowest BCUT2D eigenvalue weighted by molar-refractivity contribution is 0.0636. The Hall–Kier alpha value is -3.26. The third-order valence-electron chi connectivity index (χ3n) is 6.57. The second kappa shape index (κ2) is 10.2. The number of halogens is 1. The number of hydrogen-bond acceptors (Lipinski definition) is 9. The van der Waals surface area contributed by atoms with Gasteiger partial charge in [0.05, 0.1) is 18.2 Å². The molecule has 0 aliphatic heterocycles. The average molecular weight is 531 g/mol. The first kappa shape index (κ1) is 25.4. The molecule has 2 saturated carbocycles. The maximum Gasteiger partial charge on any atom is 0.335 e. The number of aromatic nitrogens is 4. The van der Waals surface area contributed by atoms with E-state index in [1.807, 2.05) is 6.07 Å². The van der Waals surface area contributed by atoms with Gasteiger partial charge in [-0.25, -0.2) is 14.4 Å². The average Bonchev–Trinajstić information content (AvgIpc) is 3.52. The number of nitrogens with one attached hydrogen (secondary N) is 2. The van der Waals surface area contributed by atoms with Crippen molar-refractivity contribution in [2.24, 2.45) is 0 Å². The van der Waals surface area contributed by atoms with Crippen LogP contribution in [0.3, 0.4) is 0 Å². The summed E-state index contributed by atoms with van der Waals surface area (Å²) in [5.74, 6) is -0.0579. The van der Waals surface area contributed by atoms with Gasteiger partial charge < -0.3 is 10.4 Å². The van der Waals surface area contributed by atoms with E-state index in [9.17, 15) is 22.7 Å². The molecule has 196 valence electrons. The summed E-state index contributed by atoms with van der Waals surface area (Å²) >= 11 is 0. The first-order valence-corrected chi connectivity index (χ1v) is 13.4. The van der Waals surface area contributed by atoms with Gasteiger partial charge in [0.2, 0.25) is 5.78 Å². The lowest BCUT2D eigenvalue weighted by Gasteiger charge is -2.15. The van der Waals surface area contributed by atoms with Crippen LogP contribution in [0.1, 0.15) is 58.8 Å². The zero-order chi connectivity index (χ0) is 26.2. The highest BCUT2D eigenvalue weighted by atomic mass is 32.2. The fourth-order valence-electron chi connectivity index (χ4n) is 4.51. The van der Waals surface area contributed by atoms with Crippen molar-refractivity contribution in [3.8, 4) is 0 Å². The zero-order valence-corrected chi connectivity index (χ0v) is 20.9. The Morgan fingerprint density at radius 1 is 1.27 bits per heavy atom. The number of rotatable bonds is 10. The Bertz CT molecular complexity index is 1410. The van der Waals surface area contributed by atoms with Crippen molar-refractivity contribution < 1.29 is 26.9 Å². The number of carbonyl (C=O) groups is 1. The number of carbonyl (C=O) groups excluding carboxylic acids is 1. The van der Waals surface area contributed by atoms with Gasteiger partial charge in [0.1, 0.15) is 29.8 Å². The van der Waals surface area contributed by atoms with Crippen LogP contribution in [0.15, 0.2) is 43.0 Å². The van der Waals surface area contributed by atoms with Crippen LogP contribution in [0, 0.1) is 5.82 Å². The summed E-state index contributed by atoms with van der Waals surface area (Å²) in [5.41, 5.74) is 2.00. The number of hydrogen-bond donors (Lipinski definition) is 3. The van der Waals surface area contributed by atoms with Gasteiger partial charge in [-0.2, -0.15) is 18.2 Å². The van der Waals surface area contributed by atoms with Gasteiger partial charge in [-0.15, -0.1) is 0 Å². The smallest absolute Gasteiger partial charge is 0.335 e. The molecule has 37 heavy (non-hydrogen) atoms. The van der Waals surface area contributed by atoms with Gasteiger partial charge in [0.15, 0.2) is 0 Å². The number of nitrogens with zero attached hydrogens (tertiary/aromatic N) is 4. The van der Waals surface area contributed by atoms with E-state index >= 15 is 0 Å². The van der Waals surface area contributed by atoms with E-state index in [0.29, 0.717) is 6.54 Å². The normalized spacial score (nSPS) is 21.8. The third kappa shape index (κ3) is 5.85. The summed E-state index contributed by atoms with van der Waals surface area (Å²) in [6, 6.07) is 6.26. The van der Waals surface area contributed by atoms with Crippen molar-refractivity contribution in [1.29, 1.82) is 0 Å². The molecule has 3 N–H and O–H groups in total. The molecule has 11 nitrogen and oxygen atoms in total. The van der Waals surface area contributed by atoms with Crippen LogP contribution in [0.25, 0.3) is 0 Å². The van der Waals surface area contributed by atoms with Crippen molar-refractivity contribution in [3.05, 3.63) is 71.2 Å². The molecule has 0 spiro atoms. The van der Waals surface area contributed by atoms with E-state index in [1.165, 1.54) is 25.6 Å². The minimum absolute atomic E-state index is 0.187. The van der Waals surface area contributed by atoms with Gasteiger partial charge in [0, 0.05) is 25.5 Å². The standard InChI is InChI=1S/C24H27FN6O5S/c1-26-37(34,35)36-22-10-16(9-21(22)32)29-24-18(11-27-13-28-24)23(33)20-6-7-31(30-20)12-14-2-5-19(25)17(8-14)15-3-4-15/h2,5-8,11,13,15-16,21-22,26,32H,3-4,9-10,12H2,1H3,(H,27,28,29)/t16-,21+,22-/m1/s1. The molecule has 2 heterocycles. The molecule has 2 aliphatic rings. The highest BCUT2D eigenvalue weighted by Crippen LogP contribution is 2.41. The first-order chi connectivity index (χ1) is 17.7. The SMILES string of the molecule is CNS(=O)(=O)O[C@@H]1C[C@H](Nc2ncncc2C(=O)c2ccn(Cc3ccc(F)c(C4CC4)c3)n2)C[C@@H]1O. The monoisotopic (exact) mass is 530 g/mol. The summed E-state index contributed by atoms with van der Waals surface area (Å²) in [6.45, 7) is 0.389. The molecule has 2 aliphatic carbocycles. The number of anilines is 1. The highest BCUT2D eigenvalue weighted by Gasteiger charge is 2.37. The number of aliphatic hydroxyl groups excluding tert-OH is 1. The van der Waals surface area contributed by atoms with Gasteiger partial charge in [0.25, 0.3) is 0 Å². The fraction of sp³-hybridized carbons (Fsp3) is 0.417. The third-order valence-corrected chi connectivity index (χ3v) is 7.57. The predicted molar refractivity (Wildman–Crippen MR) is 131 cm³/mol. The van der Waals surface area contributed by atoms with Gasteiger partial charge >= 0.3 is 10.3 Å². The Balaban J connectivity index is 1.28. The molecule has 2 fully saturated rings. The van der Waals surface area contributed by atoms with Gasteiger partial charge in [-0.1, -0.05) is 12.1 Å². The molecule has 0 unspecified atom stereocenters. The van der Waals surface area contributed by atoms with Crippen LogP contribution >= 0.6 is 0 Å². The molecular weight excluding hydrogens is 503 g/mol. The summed E-state index contributed by atoms with van der Waals surface area (Å²) in [6.07, 6.45) is 4.80. The van der Waals surface area contributed by atoms with E-state index in [4.69, 9.17) is 4.18 Å². The predicted octanol–water partition coefficient (Wildman–Crippen LogP) is 1.75. The van der Waals surface area contributed by atoms with E-state index in [1.54, 1.807) is 23.0 Å². The largest absolute Gasteiger partial charge is 0.390 e. The van der Waals surface area contributed by atoms with Crippen LogP contribution in [-0.4, -0.2) is 64.4 Å². The molecule has 1 aromatic carbocycles. The first-order valence-electron chi connectivity index (χ1n) is 11.9. The second-order valence-electron chi connectivity index (χ2n) is 9.32. The fourth-order valence-corrected chi connectivity index (χ4v) is 5.14. The topological polar surface area (TPSA) is 148 Å². The van der Waals surface area contributed by atoms with Crippen molar-refractivity contribution in [1.82, 2.24) is 24.5 Å². The molecular formula is C24H27FN6O5S. The minimum atomic E-state index is -3.96. The maximum absolute atomic E-state index is 14.1. The summed E-state index contributed by atoms with van der Waals surface area (Å²) < 4.78 is 46.1. The molecule has 3 aromatic rings. The van der Waals surface area contributed by atoms with E-state index in [0.717, 1.165) is 24.0 Å². The van der Waals surface area contributed by atoms with Gasteiger partial charge in [-0.3, -0.25) is 13.7 Å². The van der Waals surface area contributed by atoms with Crippen molar-refractivity contribution in [3.63, 3.8) is 0 Å². The van der Waals surface area contributed by atoms with E-state index < -0.39 is 28.3 Å². The lowest BCUT2D eigenvalue weighted by atomic mass is 10.1. The van der Waals surface area contributed by atoms with Crippen LogP contribution in [0.4, 0.5) is 10.2 Å². The number of ketones is 1. The molecule has 5 rings (SSSR count). The Morgan fingerprint density at radius 3 is 2.84 bits per heavy atom. The molecule has 0 amide bonds. The second-order valence-corrected chi connectivity index (χ2v) is 10.8. The molecule has 3 atom stereocenters. The van der Waals surface area contributed by atoms with Crippen LogP contribution < -0.4 is 10.0 Å². The minimum Gasteiger partial charge on any atom is -0.390 e. The lowest BCUT2D eigenvalue weighted by Crippen LogP contribution is -2.31. The summed E-state index contributed by atoms with van der Waals surface area (Å²) in [5, 5.41) is 17.8. The maximum atomic E-state index is 14.1. The van der Waals surface area contributed by atoms with Crippen LogP contribution in [0.2, 0.25) is 0 Å². The number of benzene rings is 1. The molecule has 13 heteroatoms. The molecule has 0 bridgehead atoms. The van der Waals surface area contributed by atoms with Crippen LogP contribution in [0.5, 0.6) is 0 Å². The Morgan fingerprint density at radius 2 is 2.08 bits per heavy atom. The van der Waals surface area contributed by atoms with Crippen molar-refractivity contribution >= 4 is 21.9 Å². The zero-order valence-electron chi connectivity index (χ0n) is 20.0.